The Morgan fingerprint density at radius 2 is 1.94 bits per heavy atom. The first-order valence-corrected chi connectivity index (χ1v) is 5.72. The Hall–Kier alpha value is -1.56. The van der Waals surface area contributed by atoms with Gasteiger partial charge in [0.25, 0.3) is 0 Å². The normalized spacial score (nSPS) is 28.6. The van der Waals surface area contributed by atoms with E-state index in [2.05, 4.69) is 75.1 Å². The van der Waals surface area contributed by atoms with E-state index in [4.69, 9.17) is 0 Å². The van der Waals surface area contributed by atoms with Gasteiger partial charge in [-0.2, -0.15) is 0 Å². The Morgan fingerprint density at radius 1 is 1.25 bits per heavy atom. The quantitative estimate of drug-likeness (QED) is 0.631. The van der Waals surface area contributed by atoms with Crippen molar-refractivity contribution in [2.24, 2.45) is 5.41 Å². The van der Waals surface area contributed by atoms with Crippen LogP contribution in [0.4, 0.5) is 0 Å². The van der Waals surface area contributed by atoms with Gasteiger partial charge in [-0.1, -0.05) is 67.1 Å². The molecule has 0 heterocycles. The van der Waals surface area contributed by atoms with Crippen molar-refractivity contribution in [1.29, 1.82) is 0 Å². The maximum absolute atomic E-state index is 4.01. The molecule has 0 saturated heterocycles. The van der Waals surface area contributed by atoms with E-state index >= 15 is 0 Å². The van der Waals surface area contributed by atoms with Crippen molar-refractivity contribution in [3.8, 4) is 0 Å². The number of allylic oxidation sites excluding steroid dienone is 5. The van der Waals surface area contributed by atoms with E-state index in [9.17, 15) is 0 Å². The van der Waals surface area contributed by atoms with Crippen LogP contribution >= 0.6 is 0 Å². The fourth-order valence-corrected chi connectivity index (χ4v) is 2.34. The van der Waals surface area contributed by atoms with E-state index in [1.807, 2.05) is 0 Å². The van der Waals surface area contributed by atoms with Gasteiger partial charge in [-0.3, -0.25) is 0 Å². The number of hydrogen-bond acceptors (Lipinski definition) is 0. The molecule has 1 aliphatic rings. The molecule has 0 spiro atoms. The molecule has 1 aromatic rings. The minimum atomic E-state index is 0.0378. The smallest absolute Gasteiger partial charge is 0.0164 e. The first-order chi connectivity index (χ1) is 7.68. The van der Waals surface area contributed by atoms with E-state index < -0.39 is 0 Å². The molecule has 2 unspecified atom stereocenters. The lowest BCUT2D eigenvalue weighted by Crippen LogP contribution is -2.25. The second-order valence-corrected chi connectivity index (χ2v) is 4.61. The van der Waals surface area contributed by atoms with E-state index in [1.54, 1.807) is 0 Å². The Morgan fingerprint density at radius 3 is 2.56 bits per heavy atom. The summed E-state index contributed by atoms with van der Waals surface area (Å²) in [5, 5.41) is 0. The van der Waals surface area contributed by atoms with Crippen LogP contribution in [-0.2, 0) is 0 Å². The maximum Gasteiger partial charge on any atom is 0.0164 e. The minimum Gasteiger partial charge on any atom is -0.102 e. The van der Waals surface area contributed by atoms with E-state index in [-0.39, 0.29) is 5.41 Å². The zero-order valence-electron chi connectivity index (χ0n) is 9.98. The third-order valence-corrected chi connectivity index (χ3v) is 3.73. The van der Waals surface area contributed by atoms with Crippen LogP contribution < -0.4 is 0 Å². The average molecular weight is 210 g/mol. The van der Waals surface area contributed by atoms with Gasteiger partial charge >= 0.3 is 0 Å². The number of rotatable bonds is 2. The van der Waals surface area contributed by atoms with E-state index in [1.165, 1.54) is 11.1 Å². The summed E-state index contributed by atoms with van der Waals surface area (Å²) in [6, 6.07) is 10.6. The highest BCUT2D eigenvalue weighted by Crippen LogP contribution is 2.45. The Balaban J connectivity index is 2.46. The van der Waals surface area contributed by atoms with Crippen molar-refractivity contribution in [2.45, 2.75) is 19.8 Å². The minimum absolute atomic E-state index is 0.0378. The third kappa shape index (κ3) is 1.65. The summed E-state index contributed by atoms with van der Waals surface area (Å²) >= 11 is 0. The van der Waals surface area contributed by atoms with Gasteiger partial charge in [-0.05, 0) is 12.5 Å². The van der Waals surface area contributed by atoms with Crippen LogP contribution in [0.1, 0.15) is 25.3 Å². The summed E-state index contributed by atoms with van der Waals surface area (Å²) in [5.41, 5.74) is 2.77. The lowest BCUT2D eigenvalue weighted by molar-refractivity contribution is 0.452. The Labute approximate surface area is 98.0 Å². The molecule has 0 fully saturated rings. The first kappa shape index (κ1) is 10.9. The Bertz CT molecular complexity index is 436. The molecule has 0 N–H and O–H groups in total. The van der Waals surface area contributed by atoms with Crippen molar-refractivity contribution in [1.82, 2.24) is 0 Å². The van der Waals surface area contributed by atoms with Gasteiger partial charge in [0, 0.05) is 11.3 Å². The molecule has 2 atom stereocenters. The van der Waals surface area contributed by atoms with E-state index in [0.717, 1.165) is 0 Å². The summed E-state index contributed by atoms with van der Waals surface area (Å²) < 4.78 is 0. The van der Waals surface area contributed by atoms with Gasteiger partial charge in [-0.25, -0.2) is 0 Å². The van der Waals surface area contributed by atoms with Crippen LogP contribution in [0.5, 0.6) is 0 Å². The first-order valence-electron chi connectivity index (χ1n) is 5.72. The molecule has 1 aromatic carbocycles. The lowest BCUT2D eigenvalue weighted by Gasteiger charge is -2.37. The van der Waals surface area contributed by atoms with E-state index in [0.29, 0.717) is 5.92 Å². The van der Waals surface area contributed by atoms with Gasteiger partial charge in [0.2, 0.25) is 0 Å². The zero-order chi connectivity index (χ0) is 11.6. The van der Waals surface area contributed by atoms with Crippen molar-refractivity contribution in [3.05, 3.63) is 72.4 Å². The second-order valence-electron chi connectivity index (χ2n) is 4.61. The molecule has 82 valence electrons. The monoisotopic (exact) mass is 210 g/mol. The van der Waals surface area contributed by atoms with Crippen molar-refractivity contribution >= 4 is 0 Å². The van der Waals surface area contributed by atoms with Crippen LogP contribution in [0.2, 0.25) is 0 Å². The topological polar surface area (TPSA) is 0 Å². The van der Waals surface area contributed by atoms with Crippen molar-refractivity contribution in [3.63, 3.8) is 0 Å². The largest absolute Gasteiger partial charge is 0.102 e. The molecule has 16 heavy (non-hydrogen) atoms. The van der Waals surface area contributed by atoms with Gasteiger partial charge in [-0.15, -0.1) is 6.58 Å². The Kier molecular flexibility index (Phi) is 2.82. The summed E-state index contributed by atoms with van der Waals surface area (Å²) in [6.07, 6.45) is 8.67. The summed E-state index contributed by atoms with van der Waals surface area (Å²) in [6.45, 7) is 8.45. The molecule has 2 rings (SSSR count). The molecule has 0 saturated carbocycles. The van der Waals surface area contributed by atoms with Crippen molar-refractivity contribution in [2.75, 3.05) is 0 Å². The molecule has 0 aromatic heterocycles. The van der Waals surface area contributed by atoms with Crippen LogP contribution in [-0.4, -0.2) is 0 Å². The third-order valence-electron chi connectivity index (χ3n) is 3.73. The van der Waals surface area contributed by atoms with Crippen LogP contribution in [0.15, 0.2) is 66.8 Å². The number of benzene rings is 1. The summed E-state index contributed by atoms with van der Waals surface area (Å²) in [5.74, 6) is 0.399. The lowest BCUT2D eigenvalue weighted by atomic mass is 9.67. The molecule has 1 aliphatic carbocycles. The fourth-order valence-electron chi connectivity index (χ4n) is 2.34. The van der Waals surface area contributed by atoms with Crippen LogP contribution in [0.3, 0.4) is 0 Å². The summed E-state index contributed by atoms with van der Waals surface area (Å²) in [7, 11) is 0. The molecular formula is C16H18. The predicted molar refractivity (Wildman–Crippen MR) is 70.4 cm³/mol. The predicted octanol–water partition coefficient (Wildman–Crippen LogP) is 4.48. The molecular weight excluding hydrogens is 192 g/mol. The molecule has 0 bridgehead atoms. The summed E-state index contributed by atoms with van der Waals surface area (Å²) in [4.78, 5) is 0. The molecule has 0 amide bonds. The highest BCUT2D eigenvalue weighted by molar-refractivity contribution is 5.40. The van der Waals surface area contributed by atoms with Gasteiger partial charge in [0.15, 0.2) is 0 Å². The fraction of sp³-hybridized carbons (Fsp3) is 0.250. The highest BCUT2D eigenvalue weighted by atomic mass is 14.4. The standard InChI is InChI=1S/C16H18/c1-4-16(3)13(2)9-8-12-15(16)14-10-6-5-7-11-14/h4-12,15H,1H2,2-3H3. The SMILES string of the molecule is C=CC1(C)C(C)=CC=CC1c1ccccc1. The highest BCUT2D eigenvalue weighted by Gasteiger charge is 2.33. The zero-order valence-corrected chi connectivity index (χ0v) is 9.98. The van der Waals surface area contributed by atoms with Gasteiger partial charge < -0.3 is 0 Å². The van der Waals surface area contributed by atoms with Crippen molar-refractivity contribution < 1.29 is 0 Å². The van der Waals surface area contributed by atoms with Crippen LogP contribution in [0.25, 0.3) is 0 Å². The number of hydrogen-bond donors (Lipinski definition) is 0. The second kappa shape index (κ2) is 4.13. The van der Waals surface area contributed by atoms with Crippen LogP contribution in [0, 0.1) is 5.41 Å². The van der Waals surface area contributed by atoms with Gasteiger partial charge in [0.1, 0.15) is 0 Å². The molecule has 0 nitrogen and oxygen atoms in total. The maximum atomic E-state index is 4.01. The molecule has 0 aliphatic heterocycles. The van der Waals surface area contributed by atoms with Gasteiger partial charge in [0.05, 0.1) is 0 Å². The average Bonchev–Trinajstić information content (AvgIpc) is 2.34. The molecule has 0 radical (unpaired) electrons. The molecule has 0 heteroatoms.